The largest absolute Gasteiger partial charge is 0.344 e. The van der Waals surface area contributed by atoms with E-state index in [0.717, 1.165) is 12.0 Å². The molecule has 1 unspecified atom stereocenters. The SMILES string of the molecule is CCC(NC(=O)c1nn(CC)cc1Cl)c1ccccc1. The van der Waals surface area contributed by atoms with Gasteiger partial charge in [-0.15, -0.1) is 0 Å². The Morgan fingerprint density at radius 1 is 1.35 bits per heavy atom. The van der Waals surface area contributed by atoms with Crippen molar-refractivity contribution in [3.05, 3.63) is 52.8 Å². The van der Waals surface area contributed by atoms with Crippen molar-refractivity contribution >= 4 is 17.5 Å². The summed E-state index contributed by atoms with van der Waals surface area (Å²) in [5.41, 5.74) is 1.36. The molecular weight excluding hydrogens is 274 g/mol. The van der Waals surface area contributed by atoms with Gasteiger partial charge in [-0.05, 0) is 18.9 Å². The maximum Gasteiger partial charge on any atom is 0.273 e. The molecule has 0 aliphatic carbocycles. The number of halogens is 1. The van der Waals surface area contributed by atoms with Crippen molar-refractivity contribution in [1.29, 1.82) is 0 Å². The summed E-state index contributed by atoms with van der Waals surface area (Å²) in [6.45, 7) is 4.66. The smallest absolute Gasteiger partial charge is 0.273 e. The van der Waals surface area contributed by atoms with E-state index in [2.05, 4.69) is 10.4 Å². The first-order valence-electron chi connectivity index (χ1n) is 6.74. The van der Waals surface area contributed by atoms with E-state index in [1.54, 1.807) is 10.9 Å². The summed E-state index contributed by atoms with van der Waals surface area (Å²) < 4.78 is 1.65. The summed E-state index contributed by atoms with van der Waals surface area (Å²) in [6.07, 6.45) is 2.47. The van der Waals surface area contributed by atoms with Crippen LogP contribution in [0.1, 0.15) is 42.4 Å². The van der Waals surface area contributed by atoms with Gasteiger partial charge in [0.2, 0.25) is 0 Å². The molecule has 0 aliphatic rings. The van der Waals surface area contributed by atoms with Crippen LogP contribution in [0.15, 0.2) is 36.5 Å². The van der Waals surface area contributed by atoms with E-state index in [0.29, 0.717) is 11.6 Å². The van der Waals surface area contributed by atoms with Crippen molar-refractivity contribution in [2.45, 2.75) is 32.9 Å². The zero-order valence-electron chi connectivity index (χ0n) is 11.6. The van der Waals surface area contributed by atoms with E-state index in [1.165, 1.54) is 0 Å². The molecule has 1 N–H and O–H groups in total. The molecule has 0 saturated carbocycles. The zero-order chi connectivity index (χ0) is 14.5. The minimum absolute atomic E-state index is 0.0356. The van der Waals surface area contributed by atoms with E-state index in [9.17, 15) is 4.79 Å². The lowest BCUT2D eigenvalue weighted by molar-refractivity contribution is 0.0930. The predicted molar refractivity (Wildman–Crippen MR) is 79.9 cm³/mol. The molecule has 0 fully saturated rings. The monoisotopic (exact) mass is 291 g/mol. The van der Waals surface area contributed by atoms with E-state index in [1.807, 2.05) is 44.2 Å². The van der Waals surface area contributed by atoms with Crippen molar-refractivity contribution in [3.63, 3.8) is 0 Å². The van der Waals surface area contributed by atoms with Crippen LogP contribution in [0.25, 0.3) is 0 Å². The van der Waals surface area contributed by atoms with Gasteiger partial charge in [0.15, 0.2) is 5.69 Å². The van der Waals surface area contributed by atoms with Gasteiger partial charge in [-0.1, -0.05) is 48.9 Å². The third-order valence-electron chi connectivity index (χ3n) is 3.17. The van der Waals surface area contributed by atoms with Crippen LogP contribution in [0.5, 0.6) is 0 Å². The fraction of sp³-hybridized carbons (Fsp3) is 0.333. The van der Waals surface area contributed by atoms with Gasteiger partial charge >= 0.3 is 0 Å². The van der Waals surface area contributed by atoms with Gasteiger partial charge in [0.25, 0.3) is 5.91 Å². The molecule has 1 atom stereocenters. The quantitative estimate of drug-likeness (QED) is 0.917. The van der Waals surface area contributed by atoms with Crippen molar-refractivity contribution < 1.29 is 4.79 Å². The van der Waals surface area contributed by atoms with Gasteiger partial charge in [-0.25, -0.2) is 0 Å². The normalized spacial score (nSPS) is 12.2. The Morgan fingerprint density at radius 2 is 2.05 bits per heavy atom. The Hall–Kier alpha value is -1.81. The van der Waals surface area contributed by atoms with Gasteiger partial charge in [0, 0.05) is 12.7 Å². The maximum absolute atomic E-state index is 12.3. The fourth-order valence-corrected chi connectivity index (χ4v) is 2.28. The minimum Gasteiger partial charge on any atom is -0.344 e. The molecule has 1 aromatic carbocycles. The predicted octanol–water partition coefficient (Wildman–Crippen LogP) is 3.44. The molecular formula is C15H18ClN3O. The number of aromatic nitrogens is 2. The van der Waals surface area contributed by atoms with E-state index in [-0.39, 0.29) is 17.6 Å². The van der Waals surface area contributed by atoms with Crippen molar-refractivity contribution in [2.75, 3.05) is 0 Å². The van der Waals surface area contributed by atoms with Crippen molar-refractivity contribution in [3.8, 4) is 0 Å². The lowest BCUT2D eigenvalue weighted by Crippen LogP contribution is -2.28. The number of nitrogens with zero attached hydrogens (tertiary/aromatic N) is 2. The van der Waals surface area contributed by atoms with Crippen LogP contribution < -0.4 is 5.32 Å². The molecule has 1 aromatic heterocycles. The number of carbonyl (C=O) groups is 1. The number of rotatable bonds is 5. The average molecular weight is 292 g/mol. The van der Waals surface area contributed by atoms with Crippen LogP contribution in [0, 0.1) is 0 Å². The van der Waals surface area contributed by atoms with Crippen LogP contribution in [-0.4, -0.2) is 15.7 Å². The Bertz CT molecular complexity index is 580. The lowest BCUT2D eigenvalue weighted by Gasteiger charge is -2.16. The first-order valence-corrected chi connectivity index (χ1v) is 7.12. The standard InChI is InChI=1S/C15H18ClN3O/c1-3-13(11-8-6-5-7-9-11)17-15(20)14-12(16)10-19(4-2)18-14/h5-10,13H,3-4H2,1-2H3,(H,17,20). The second-order valence-electron chi connectivity index (χ2n) is 4.53. The van der Waals surface area contributed by atoms with Crippen LogP contribution in [0.3, 0.4) is 0 Å². The number of carbonyl (C=O) groups excluding carboxylic acids is 1. The number of nitrogens with one attached hydrogen (secondary N) is 1. The van der Waals surface area contributed by atoms with Crippen LogP contribution >= 0.6 is 11.6 Å². The van der Waals surface area contributed by atoms with E-state index in [4.69, 9.17) is 11.6 Å². The number of aryl methyl sites for hydroxylation is 1. The molecule has 2 rings (SSSR count). The number of hydrogen-bond donors (Lipinski definition) is 1. The third kappa shape index (κ3) is 3.20. The molecule has 1 heterocycles. The summed E-state index contributed by atoms with van der Waals surface area (Å²) >= 11 is 6.05. The summed E-state index contributed by atoms with van der Waals surface area (Å²) in [5.74, 6) is -0.238. The maximum atomic E-state index is 12.3. The average Bonchev–Trinajstić information content (AvgIpc) is 2.86. The summed E-state index contributed by atoms with van der Waals surface area (Å²) in [5, 5.41) is 7.54. The topological polar surface area (TPSA) is 46.9 Å². The molecule has 1 amide bonds. The zero-order valence-corrected chi connectivity index (χ0v) is 12.4. The van der Waals surface area contributed by atoms with Crippen LogP contribution in [0.4, 0.5) is 0 Å². The molecule has 5 heteroatoms. The van der Waals surface area contributed by atoms with E-state index >= 15 is 0 Å². The summed E-state index contributed by atoms with van der Waals surface area (Å²) in [6, 6.07) is 9.84. The first-order chi connectivity index (χ1) is 9.65. The second kappa shape index (κ2) is 6.57. The van der Waals surface area contributed by atoms with Gasteiger partial charge in [-0.2, -0.15) is 5.10 Å². The summed E-state index contributed by atoms with van der Waals surface area (Å²) in [4.78, 5) is 12.3. The Labute approximate surface area is 123 Å². The number of benzene rings is 1. The van der Waals surface area contributed by atoms with Gasteiger partial charge in [0.1, 0.15) is 0 Å². The third-order valence-corrected chi connectivity index (χ3v) is 3.45. The molecule has 20 heavy (non-hydrogen) atoms. The molecule has 2 aromatic rings. The summed E-state index contributed by atoms with van der Waals surface area (Å²) in [7, 11) is 0. The highest BCUT2D eigenvalue weighted by atomic mass is 35.5. The van der Waals surface area contributed by atoms with Crippen molar-refractivity contribution in [2.24, 2.45) is 0 Å². The molecule has 4 nitrogen and oxygen atoms in total. The highest BCUT2D eigenvalue weighted by molar-refractivity contribution is 6.33. The Kier molecular flexibility index (Phi) is 4.79. The van der Waals surface area contributed by atoms with Crippen LogP contribution in [0.2, 0.25) is 5.02 Å². The number of amides is 1. The molecule has 0 spiro atoms. The second-order valence-corrected chi connectivity index (χ2v) is 4.93. The minimum atomic E-state index is -0.238. The molecule has 0 saturated heterocycles. The molecule has 0 radical (unpaired) electrons. The Balaban J connectivity index is 2.15. The highest BCUT2D eigenvalue weighted by Gasteiger charge is 2.19. The van der Waals surface area contributed by atoms with Gasteiger partial charge in [0.05, 0.1) is 11.1 Å². The van der Waals surface area contributed by atoms with Crippen LogP contribution in [-0.2, 0) is 6.54 Å². The van der Waals surface area contributed by atoms with Crippen molar-refractivity contribution in [1.82, 2.24) is 15.1 Å². The molecule has 0 bridgehead atoms. The van der Waals surface area contributed by atoms with E-state index < -0.39 is 0 Å². The first kappa shape index (κ1) is 14.6. The molecule has 106 valence electrons. The lowest BCUT2D eigenvalue weighted by atomic mass is 10.0. The van der Waals surface area contributed by atoms with Gasteiger partial charge in [-0.3, -0.25) is 9.48 Å². The molecule has 0 aliphatic heterocycles. The highest BCUT2D eigenvalue weighted by Crippen LogP contribution is 2.19. The Morgan fingerprint density at radius 3 is 2.60 bits per heavy atom. The fourth-order valence-electron chi connectivity index (χ4n) is 2.05. The number of hydrogen-bond acceptors (Lipinski definition) is 2. The van der Waals surface area contributed by atoms with Gasteiger partial charge < -0.3 is 5.32 Å².